The molecule has 1 fully saturated rings. The van der Waals surface area contributed by atoms with Crippen molar-refractivity contribution in [2.75, 3.05) is 44.6 Å². The fraction of sp³-hybridized carbons (Fsp3) is 0.550. The maximum atomic E-state index is 12.4. The van der Waals surface area contributed by atoms with Crippen LogP contribution < -0.4 is 10.6 Å². The van der Waals surface area contributed by atoms with Gasteiger partial charge in [-0.15, -0.1) is 0 Å². The number of benzene rings is 1. The molecule has 0 saturated carbocycles. The number of ether oxygens (including phenoxy) is 1. The van der Waals surface area contributed by atoms with E-state index in [0.717, 1.165) is 16.8 Å². The number of aryl methyl sites for hydroxylation is 2. The van der Waals surface area contributed by atoms with Gasteiger partial charge in [0.2, 0.25) is 11.8 Å². The summed E-state index contributed by atoms with van der Waals surface area (Å²) >= 11 is 0. The molecule has 8 heteroatoms. The second kappa shape index (κ2) is 10.1. The minimum atomic E-state index is -0.377. The highest BCUT2D eigenvalue weighted by atomic mass is 16.6. The summed E-state index contributed by atoms with van der Waals surface area (Å²) in [6.45, 7) is 9.91. The molecule has 1 aliphatic heterocycles. The number of hydrogen-bond acceptors (Lipinski definition) is 5. The number of anilines is 1. The first kappa shape index (κ1) is 21.7. The molecule has 1 aliphatic rings. The molecule has 0 spiro atoms. The lowest BCUT2D eigenvalue weighted by atomic mass is 10.1. The first-order valence-electron chi connectivity index (χ1n) is 9.63. The van der Waals surface area contributed by atoms with Crippen LogP contribution in [0.3, 0.4) is 0 Å². The van der Waals surface area contributed by atoms with Gasteiger partial charge in [0.1, 0.15) is 0 Å². The summed E-state index contributed by atoms with van der Waals surface area (Å²) in [7, 11) is 0. The van der Waals surface area contributed by atoms with Gasteiger partial charge < -0.3 is 20.3 Å². The van der Waals surface area contributed by atoms with E-state index in [-0.39, 0.29) is 30.5 Å². The zero-order chi connectivity index (χ0) is 20.7. The maximum absolute atomic E-state index is 12.4. The Kier molecular flexibility index (Phi) is 7.80. The van der Waals surface area contributed by atoms with E-state index >= 15 is 0 Å². The van der Waals surface area contributed by atoms with Crippen LogP contribution >= 0.6 is 0 Å². The van der Waals surface area contributed by atoms with E-state index in [1.165, 1.54) is 0 Å². The molecule has 0 bridgehead atoms. The van der Waals surface area contributed by atoms with E-state index in [1.807, 2.05) is 36.9 Å². The van der Waals surface area contributed by atoms with Crippen molar-refractivity contribution in [2.45, 2.75) is 33.7 Å². The average molecular weight is 390 g/mol. The van der Waals surface area contributed by atoms with Gasteiger partial charge in [0, 0.05) is 31.9 Å². The zero-order valence-corrected chi connectivity index (χ0v) is 17.1. The maximum Gasteiger partial charge on any atom is 0.409 e. The highest BCUT2D eigenvalue weighted by molar-refractivity contribution is 5.96. The van der Waals surface area contributed by atoms with Gasteiger partial charge in [-0.2, -0.15) is 0 Å². The van der Waals surface area contributed by atoms with Crippen LogP contribution in [0.15, 0.2) is 18.2 Å². The smallest absolute Gasteiger partial charge is 0.409 e. The molecule has 1 aromatic carbocycles. The normalized spacial score (nSPS) is 15.6. The Morgan fingerprint density at radius 2 is 1.71 bits per heavy atom. The fourth-order valence-electron chi connectivity index (χ4n) is 3.18. The largest absolute Gasteiger partial charge is 0.450 e. The second-order valence-corrected chi connectivity index (χ2v) is 6.93. The Balaban J connectivity index is 1.78. The molecule has 154 valence electrons. The third kappa shape index (κ3) is 5.69. The van der Waals surface area contributed by atoms with Crippen LogP contribution in [0.4, 0.5) is 10.5 Å². The molecular weight excluding hydrogens is 360 g/mol. The van der Waals surface area contributed by atoms with E-state index in [2.05, 4.69) is 10.6 Å². The number of nitrogens with zero attached hydrogens (tertiary/aromatic N) is 2. The number of carbonyl (C=O) groups excluding carboxylic acids is 3. The number of piperazine rings is 1. The van der Waals surface area contributed by atoms with Crippen molar-refractivity contribution in [3.05, 3.63) is 29.3 Å². The SMILES string of the molecule is CCOC(=O)N1CCN([C@H](C)C(=O)NCC(=O)Nc2c(C)cccc2C)CC1. The van der Waals surface area contributed by atoms with Gasteiger partial charge in [0.15, 0.2) is 0 Å². The molecule has 8 nitrogen and oxygen atoms in total. The molecule has 1 heterocycles. The third-order valence-corrected chi connectivity index (χ3v) is 4.94. The van der Waals surface area contributed by atoms with Crippen LogP contribution in [-0.4, -0.2) is 73.1 Å². The minimum Gasteiger partial charge on any atom is -0.450 e. The lowest BCUT2D eigenvalue weighted by molar-refractivity contribution is -0.128. The highest BCUT2D eigenvalue weighted by Gasteiger charge is 2.28. The van der Waals surface area contributed by atoms with Crippen molar-refractivity contribution in [3.63, 3.8) is 0 Å². The molecule has 0 aromatic heterocycles. The van der Waals surface area contributed by atoms with Crippen molar-refractivity contribution >= 4 is 23.6 Å². The van der Waals surface area contributed by atoms with Crippen molar-refractivity contribution < 1.29 is 19.1 Å². The quantitative estimate of drug-likeness (QED) is 0.769. The molecule has 0 radical (unpaired) electrons. The van der Waals surface area contributed by atoms with Gasteiger partial charge in [-0.25, -0.2) is 4.79 Å². The fourth-order valence-corrected chi connectivity index (χ4v) is 3.18. The van der Waals surface area contributed by atoms with E-state index in [1.54, 1.807) is 18.7 Å². The number of amides is 3. The Morgan fingerprint density at radius 1 is 1.11 bits per heavy atom. The van der Waals surface area contributed by atoms with Gasteiger partial charge in [-0.1, -0.05) is 18.2 Å². The number of nitrogens with one attached hydrogen (secondary N) is 2. The Bertz CT molecular complexity index is 694. The van der Waals surface area contributed by atoms with E-state index in [9.17, 15) is 14.4 Å². The topological polar surface area (TPSA) is 91.0 Å². The van der Waals surface area contributed by atoms with Crippen molar-refractivity contribution in [2.24, 2.45) is 0 Å². The molecule has 0 unspecified atom stereocenters. The van der Waals surface area contributed by atoms with Crippen LogP contribution in [0.5, 0.6) is 0 Å². The molecule has 2 rings (SSSR count). The predicted octanol–water partition coefficient (Wildman–Crippen LogP) is 1.52. The zero-order valence-electron chi connectivity index (χ0n) is 17.1. The van der Waals surface area contributed by atoms with Crippen molar-refractivity contribution in [1.82, 2.24) is 15.1 Å². The highest BCUT2D eigenvalue weighted by Crippen LogP contribution is 2.19. The predicted molar refractivity (Wildman–Crippen MR) is 107 cm³/mol. The van der Waals surface area contributed by atoms with Gasteiger partial charge in [0.05, 0.1) is 19.2 Å². The molecule has 0 aliphatic carbocycles. The van der Waals surface area contributed by atoms with E-state index in [0.29, 0.717) is 32.8 Å². The van der Waals surface area contributed by atoms with Gasteiger partial charge >= 0.3 is 6.09 Å². The van der Waals surface area contributed by atoms with E-state index in [4.69, 9.17) is 4.74 Å². The number of carbonyl (C=O) groups is 3. The van der Waals surface area contributed by atoms with Crippen LogP contribution in [0.25, 0.3) is 0 Å². The molecule has 3 amide bonds. The standard InChI is InChI=1S/C20H30N4O4/c1-5-28-20(27)24-11-9-23(10-12-24)16(4)19(26)21-13-17(25)22-18-14(2)7-6-8-15(18)3/h6-8,16H,5,9-13H2,1-4H3,(H,21,26)(H,22,25)/t16-/m1/s1. The molecular formula is C20H30N4O4. The summed E-state index contributed by atoms with van der Waals surface area (Å²) in [5.41, 5.74) is 2.74. The number of para-hydroxylation sites is 1. The van der Waals surface area contributed by atoms with Gasteiger partial charge in [-0.05, 0) is 38.8 Å². The van der Waals surface area contributed by atoms with Crippen molar-refractivity contribution in [3.8, 4) is 0 Å². The molecule has 1 atom stereocenters. The molecule has 1 saturated heterocycles. The second-order valence-electron chi connectivity index (χ2n) is 6.93. The summed E-state index contributed by atoms with van der Waals surface area (Å²) in [5, 5.41) is 5.55. The molecule has 28 heavy (non-hydrogen) atoms. The van der Waals surface area contributed by atoms with E-state index < -0.39 is 0 Å². The van der Waals surface area contributed by atoms with Gasteiger partial charge in [-0.3, -0.25) is 14.5 Å². The van der Waals surface area contributed by atoms with Crippen LogP contribution in [-0.2, 0) is 14.3 Å². The van der Waals surface area contributed by atoms with Crippen LogP contribution in [0.2, 0.25) is 0 Å². The summed E-state index contributed by atoms with van der Waals surface area (Å²) in [5.74, 6) is -0.466. The average Bonchev–Trinajstić information content (AvgIpc) is 2.68. The number of rotatable bonds is 6. The lowest BCUT2D eigenvalue weighted by Gasteiger charge is -2.36. The summed E-state index contributed by atoms with van der Waals surface area (Å²) in [6, 6.07) is 5.42. The van der Waals surface area contributed by atoms with Crippen LogP contribution in [0.1, 0.15) is 25.0 Å². The monoisotopic (exact) mass is 390 g/mol. The summed E-state index contributed by atoms with van der Waals surface area (Å²) in [6.07, 6.45) is -0.317. The number of hydrogen-bond donors (Lipinski definition) is 2. The third-order valence-electron chi connectivity index (χ3n) is 4.94. The molecule has 2 N–H and O–H groups in total. The van der Waals surface area contributed by atoms with Crippen molar-refractivity contribution in [1.29, 1.82) is 0 Å². The first-order valence-corrected chi connectivity index (χ1v) is 9.63. The van der Waals surface area contributed by atoms with Crippen LogP contribution in [0, 0.1) is 13.8 Å². The molecule has 1 aromatic rings. The Labute approximate surface area is 166 Å². The minimum absolute atomic E-state index is 0.0836. The van der Waals surface area contributed by atoms with Gasteiger partial charge in [0.25, 0.3) is 0 Å². The summed E-state index contributed by atoms with van der Waals surface area (Å²) < 4.78 is 5.00. The first-order chi connectivity index (χ1) is 13.3. The Morgan fingerprint density at radius 3 is 2.29 bits per heavy atom. The summed E-state index contributed by atoms with van der Waals surface area (Å²) in [4.78, 5) is 40.0. The Hall–Kier alpha value is -2.61. The lowest BCUT2D eigenvalue weighted by Crippen LogP contribution is -2.55.